The monoisotopic (exact) mass is 577 g/mol. The van der Waals surface area contributed by atoms with E-state index in [1.165, 1.54) is 24.1 Å². The summed E-state index contributed by atoms with van der Waals surface area (Å²) in [6, 6.07) is 8.66. The van der Waals surface area contributed by atoms with E-state index >= 15 is 0 Å². The normalized spacial score (nSPS) is 12.6. The summed E-state index contributed by atoms with van der Waals surface area (Å²) in [5, 5.41) is 3.07. The third-order valence-corrected chi connectivity index (χ3v) is 7.27. The van der Waals surface area contributed by atoms with Crippen LogP contribution in [-0.2, 0) is 26.2 Å². The molecular formula is C24H30Cl3N3O5S. The van der Waals surface area contributed by atoms with Gasteiger partial charge in [0, 0.05) is 12.1 Å². The highest BCUT2D eigenvalue weighted by Gasteiger charge is 2.32. The van der Waals surface area contributed by atoms with Gasteiger partial charge in [-0.25, -0.2) is 8.42 Å². The highest BCUT2D eigenvalue weighted by Crippen LogP contribution is 2.35. The highest BCUT2D eigenvalue weighted by molar-refractivity contribution is 7.92. The maximum atomic E-state index is 13.6. The largest absolute Gasteiger partial charge is 0.497 e. The number of nitrogens with one attached hydrogen (secondary N) is 1. The predicted molar refractivity (Wildman–Crippen MR) is 145 cm³/mol. The van der Waals surface area contributed by atoms with Gasteiger partial charge in [0.1, 0.15) is 18.3 Å². The number of carbonyl (C=O) groups excluding carboxylic acids is 2. The summed E-state index contributed by atoms with van der Waals surface area (Å²) in [7, 11) is -2.43. The van der Waals surface area contributed by atoms with Crippen LogP contribution in [0.25, 0.3) is 0 Å². The summed E-state index contributed by atoms with van der Waals surface area (Å²) in [4.78, 5) is 27.9. The zero-order valence-electron chi connectivity index (χ0n) is 20.9. The molecule has 8 nitrogen and oxygen atoms in total. The average Bonchev–Trinajstić information content (AvgIpc) is 2.76. The number of hydrogen-bond donors (Lipinski definition) is 1. The second kappa shape index (κ2) is 11.9. The Hall–Kier alpha value is -2.20. The molecular weight excluding hydrogens is 549 g/mol. The molecule has 0 aliphatic carbocycles. The average molecular weight is 579 g/mol. The Labute approximate surface area is 227 Å². The van der Waals surface area contributed by atoms with E-state index in [0.717, 1.165) is 16.1 Å². The van der Waals surface area contributed by atoms with Crippen LogP contribution < -0.4 is 14.4 Å². The van der Waals surface area contributed by atoms with Crippen LogP contribution in [0, 0.1) is 0 Å². The van der Waals surface area contributed by atoms with Gasteiger partial charge in [-0.3, -0.25) is 13.9 Å². The first-order valence-electron chi connectivity index (χ1n) is 10.9. The van der Waals surface area contributed by atoms with E-state index in [1.807, 2.05) is 20.8 Å². The van der Waals surface area contributed by atoms with E-state index in [2.05, 4.69) is 5.32 Å². The third-order valence-electron chi connectivity index (χ3n) is 5.12. The number of carbonyl (C=O) groups is 2. The Kier molecular flexibility index (Phi) is 9.92. The lowest BCUT2D eigenvalue weighted by atomic mass is 10.1. The first-order valence-corrected chi connectivity index (χ1v) is 13.9. The van der Waals surface area contributed by atoms with Crippen LogP contribution in [0.4, 0.5) is 5.69 Å². The zero-order valence-corrected chi connectivity index (χ0v) is 24.0. The number of ether oxygens (including phenoxy) is 1. The highest BCUT2D eigenvalue weighted by atomic mass is 35.5. The molecule has 0 aromatic heterocycles. The molecule has 0 aliphatic heterocycles. The Morgan fingerprint density at radius 2 is 1.58 bits per heavy atom. The van der Waals surface area contributed by atoms with E-state index < -0.39 is 34.1 Å². The van der Waals surface area contributed by atoms with Crippen LogP contribution in [0.5, 0.6) is 5.75 Å². The minimum atomic E-state index is -3.97. The Morgan fingerprint density at radius 3 is 2.08 bits per heavy atom. The Balaban J connectivity index is 2.47. The van der Waals surface area contributed by atoms with Crippen LogP contribution in [0.1, 0.15) is 33.3 Å². The molecule has 0 saturated carbocycles. The lowest BCUT2D eigenvalue weighted by Crippen LogP contribution is -2.54. The van der Waals surface area contributed by atoms with E-state index in [-0.39, 0.29) is 33.2 Å². The van der Waals surface area contributed by atoms with Crippen LogP contribution >= 0.6 is 34.8 Å². The molecule has 2 amide bonds. The number of rotatable bonds is 9. The van der Waals surface area contributed by atoms with Gasteiger partial charge in [-0.15, -0.1) is 0 Å². The summed E-state index contributed by atoms with van der Waals surface area (Å²) < 4.78 is 31.4. The van der Waals surface area contributed by atoms with Crippen molar-refractivity contribution in [1.82, 2.24) is 10.2 Å². The van der Waals surface area contributed by atoms with Crippen molar-refractivity contribution in [1.29, 1.82) is 0 Å². The minimum Gasteiger partial charge on any atom is -0.497 e. The van der Waals surface area contributed by atoms with Gasteiger partial charge in [-0.05, 0) is 57.5 Å². The lowest BCUT2D eigenvalue weighted by Gasteiger charge is -2.33. The molecule has 0 bridgehead atoms. The molecule has 2 aromatic rings. The van der Waals surface area contributed by atoms with E-state index in [0.29, 0.717) is 5.75 Å². The molecule has 0 aliphatic rings. The molecule has 0 spiro atoms. The Morgan fingerprint density at radius 1 is 1.03 bits per heavy atom. The van der Waals surface area contributed by atoms with Crippen molar-refractivity contribution in [3.8, 4) is 5.75 Å². The second-order valence-electron chi connectivity index (χ2n) is 9.27. The van der Waals surface area contributed by atoms with Gasteiger partial charge in [0.05, 0.1) is 34.1 Å². The number of methoxy groups -OCH3 is 1. The van der Waals surface area contributed by atoms with Crippen molar-refractivity contribution in [2.45, 2.75) is 45.8 Å². The quantitative estimate of drug-likeness (QED) is 0.433. The van der Waals surface area contributed by atoms with Crippen LogP contribution in [-0.4, -0.2) is 56.6 Å². The summed E-state index contributed by atoms with van der Waals surface area (Å²) in [5.41, 5.74) is 0.183. The molecule has 12 heteroatoms. The van der Waals surface area contributed by atoms with Crippen molar-refractivity contribution < 1.29 is 22.7 Å². The van der Waals surface area contributed by atoms with E-state index in [9.17, 15) is 18.0 Å². The molecule has 0 unspecified atom stereocenters. The van der Waals surface area contributed by atoms with Gasteiger partial charge in [0.2, 0.25) is 21.8 Å². The van der Waals surface area contributed by atoms with E-state index in [1.54, 1.807) is 31.2 Å². The molecule has 0 fully saturated rings. The summed E-state index contributed by atoms with van der Waals surface area (Å²) in [5.74, 6) is -0.370. The molecule has 0 heterocycles. The first-order chi connectivity index (χ1) is 16.5. The molecule has 0 saturated heterocycles. The van der Waals surface area contributed by atoms with Crippen LogP contribution in [0.3, 0.4) is 0 Å². The number of halogens is 3. The lowest BCUT2D eigenvalue weighted by molar-refractivity contribution is -0.140. The molecule has 36 heavy (non-hydrogen) atoms. The fourth-order valence-electron chi connectivity index (χ4n) is 3.28. The van der Waals surface area contributed by atoms with E-state index in [4.69, 9.17) is 39.5 Å². The maximum absolute atomic E-state index is 13.6. The minimum absolute atomic E-state index is 0.00175. The van der Waals surface area contributed by atoms with Crippen molar-refractivity contribution >= 4 is 62.3 Å². The summed E-state index contributed by atoms with van der Waals surface area (Å²) in [6.07, 6.45) is 0.947. The van der Waals surface area contributed by atoms with Crippen LogP contribution in [0.15, 0.2) is 36.4 Å². The predicted octanol–water partition coefficient (Wildman–Crippen LogP) is 4.75. The van der Waals surface area contributed by atoms with Gasteiger partial charge in [-0.1, -0.05) is 46.9 Å². The smallest absolute Gasteiger partial charge is 0.244 e. The van der Waals surface area contributed by atoms with Gasteiger partial charge in [0.15, 0.2) is 0 Å². The van der Waals surface area contributed by atoms with Crippen molar-refractivity contribution in [2.24, 2.45) is 0 Å². The number of sulfonamides is 1. The topological polar surface area (TPSA) is 96.0 Å². The molecule has 2 rings (SSSR count). The first kappa shape index (κ1) is 30.0. The Bertz CT molecular complexity index is 1210. The zero-order chi connectivity index (χ0) is 27.4. The van der Waals surface area contributed by atoms with Crippen molar-refractivity contribution in [3.05, 3.63) is 57.0 Å². The molecule has 1 atom stereocenters. The number of benzene rings is 2. The standard InChI is InChI=1S/C24H30Cl3N3O5S/c1-15(23(32)28-24(2,3)4)29(13-16-7-9-17(35-5)10-8-16)22(31)14-30(36(6,33)34)21-12-19(26)18(25)11-20(21)27/h7-12,15H,13-14H2,1-6H3,(H,28,32)/t15-/m0/s1. The number of amides is 2. The molecule has 0 radical (unpaired) electrons. The second-order valence-corrected chi connectivity index (χ2v) is 12.4. The number of nitrogens with zero attached hydrogens (tertiary/aromatic N) is 2. The van der Waals surface area contributed by atoms with Crippen molar-refractivity contribution in [3.63, 3.8) is 0 Å². The number of hydrogen-bond acceptors (Lipinski definition) is 5. The third kappa shape index (κ3) is 8.16. The maximum Gasteiger partial charge on any atom is 0.244 e. The number of anilines is 1. The SMILES string of the molecule is COc1ccc(CN(C(=O)CN(c2cc(Cl)c(Cl)cc2Cl)S(C)(=O)=O)[C@@H](C)C(=O)NC(C)(C)C)cc1. The van der Waals surface area contributed by atoms with Gasteiger partial charge < -0.3 is 15.0 Å². The molecule has 1 N–H and O–H groups in total. The fourth-order valence-corrected chi connectivity index (χ4v) is 4.83. The molecule has 2 aromatic carbocycles. The van der Waals surface area contributed by atoms with Gasteiger partial charge in [0.25, 0.3) is 0 Å². The molecule has 198 valence electrons. The van der Waals surface area contributed by atoms with Gasteiger partial charge >= 0.3 is 0 Å². The van der Waals surface area contributed by atoms with Crippen LogP contribution in [0.2, 0.25) is 15.1 Å². The fraction of sp³-hybridized carbons (Fsp3) is 0.417. The summed E-state index contributed by atoms with van der Waals surface area (Å²) in [6.45, 7) is 6.49. The van der Waals surface area contributed by atoms with Gasteiger partial charge in [-0.2, -0.15) is 0 Å². The summed E-state index contributed by atoms with van der Waals surface area (Å²) >= 11 is 18.3. The van der Waals surface area contributed by atoms with Crippen molar-refractivity contribution in [2.75, 3.05) is 24.2 Å².